The molecule has 0 spiro atoms. The second-order valence-corrected chi connectivity index (χ2v) is 9.52. The maximum atomic E-state index is 13.1. The van der Waals surface area contributed by atoms with Gasteiger partial charge in [0, 0.05) is 30.6 Å². The van der Waals surface area contributed by atoms with E-state index >= 15 is 0 Å². The number of ether oxygens (including phenoxy) is 1. The molecule has 3 rings (SSSR count). The summed E-state index contributed by atoms with van der Waals surface area (Å²) in [7, 11) is -2.21. The highest BCUT2D eigenvalue weighted by Crippen LogP contribution is 2.30. The van der Waals surface area contributed by atoms with Gasteiger partial charge >= 0.3 is 0 Å². The van der Waals surface area contributed by atoms with Crippen LogP contribution in [0, 0.1) is 12.8 Å². The minimum absolute atomic E-state index is 0.0508. The normalized spacial score (nSPS) is 15.8. The number of hydrogen-bond acceptors (Lipinski definition) is 4. The fourth-order valence-corrected chi connectivity index (χ4v) is 5.25. The quantitative estimate of drug-likeness (QED) is 0.753. The van der Waals surface area contributed by atoms with Gasteiger partial charge in [0.1, 0.15) is 10.6 Å². The molecule has 0 radical (unpaired) electrons. The Balaban J connectivity index is 1.60. The number of sulfonamides is 1. The Morgan fingerprint density at radius 3 is 2.45 bits per heavy atom. The van der Waals surface area contributed by atoms with E-state index in [-0.39, 0.29) is 16.7 Å². The van der Waals surface area contributed by atoms with Crippen LogP contribution < -0.4 is 10.1 Å². The molecule has 29 heavy (non-hydrogen) atoms. The van der Waals surface area contributed by atoms with Crippen LogP contribution in [0.1, 0.15) is 24.0 Å². The van der Waals surface area contributed by atoms with Gasteiger partial charge in [-0.3, -0.25) is 4.79 Å². The Kier molecular flexibility index (Phi) is 6.82. The van der Waals surface area contributed by atoms with Crippen molar-refractivity contribution in [2.75, 3.05) is 20.2 Å². The maximum absolute atomic E-state index is 13.1. The summed E-state index contributed by atoms with van der Waals surface area (Å²) in [6.07, 6.45) is 0.972. The molecule has 6 nitrogen and oxygen atoms in total. The molecule has 0 atom stereocenters. The highest BCUT2D eigenvalue weighted by atomic mass is 35.5. The molecular formula is C21H25ClN2O4S. The number of methoxy groups -OCH3 is 1. The van der Waals surface area contributed by atoms with Crippen LogP contribution in [-0.2, 0) is 21.4 Å². The molecule has 1 N–H and O–H groups in total. The van der Waals surface area contributed by atoms with E-state index in [1.165, 1.54) is 11.4 Å². The molecule has 1 fully saturated rings. The first kappa shape index (κ1) is 21.6. The number of hydrogen-bond donors (Lipinski definition) is 1. The molecule has 1 saturated heterocycles. The Bertz CT molecular complexity index is 969. The zero-order valence-corrected chi connectivity index (χ0v) is 18.1. The summed E-state index contributed by atoms with van der Waals surface area (Å²) >= 11 is 5.87. The number of piperidine rings is 1. The van der Waals surface area contributed by atoms with Crippen molar-refractivity contribution < 1.29 is 17.9 Å². The Hall–Kier alpha value is -2.09. The van der Waals surface area contributed by atoms with Crippen molar-refractivity contribution in [2.45, 2.75) is 31.2 Å². The molecule has 1 aliphatic heterocycles. The smallest absolute Gasteiger partial charge is 0.246 e. The average Bonchev–Trinajstić information content (AvgIpc) is 2.73. The molecule has 1 amide bonds. The van der Waals surface area contributed by atoms with Crippen molar-refractivity contribution in [3.05, 3.63) is 58.6 Å². The first-order valence-corrected chi connectivity index (χ1v) is 11.3. The highest BCUT2D eigenvalue weighted by Gasteiger charge is 2.33. The molecule has 0 bridgehead atoms. The first-order valence-electron chi connectivity index (χ1n) is 9.48. The predicted octanol–water partition coefficient (Wildman–Crippen LogP) is 3.37. The summed E-state index contributed by atoms with van der Waals surface area (Å²) in [5.74, 6) is 0.0803. The Labute approximate surface area is 176 Å². The number of amides is 1. The monoisotopic (exact) mass is 436 g/mol. The molecule has 156 valence electrons. The van der Waals surface area contributed by atoms with E-state index in [9.17, 15) is 13.2 Å². The summed E-state index contributed by atoms with van der Waals surface area (Å²) in [5, 5.41) is 3.58. The van der Waals surface area contributed by atoms with Gasteiger partial charge in [-0.25, -0.2) is 8.42 Å². The third-order valence-electron chi connectivity index (χ3n) is 5.14. The van der Waals surface area contributed by atoms with E-state index in [1.807, 2.05) is 25.1 Å². The van der Waals surface area contributed by atoms with Gasteiger partial charge in [0.2, 0.25) is 15.9 Å². The SMILES string of the molecule is COc1ccc(C)cc1S(=O)(=O)N1CCC(C(=O)NCc2ccc(Cl)cc2)CC1. The van der Waals surface area contributed by atoms with E-state index in [0.717, 1.165) is 11.1 Å². The number of rotatable bonds is 6. The van der Waals surface area contributed by atoms with Gasteiger partial charge in [0.05, 0.1) is 7.11 Å². The van der Waals surface area contributed by atoms with Gasteiger partial charge in [-0.05, 0) is 55.2 Å². The number of nitrogens with zero attached hydrogens (tertiary/aromatic N) is 1. The number of carbonyl (C=O) groups excluding carboxylic acids is 1. The maximum Gasteiger partial charge on any atom is 0.246 e. The minimum Gasteiger partial charge on any atom is -0.495 e. The number of nitrogens with one attached hydrogen (secondary N) is 1. The second-order valence-electron chi connectivity index (χ2n) is 7.18. The van der Waals surface area contributed by atoms with Crippen LogP contribution >= 0.6 is 11.6 Å². The van der Waals surface area contributed by atoms with E-state index in [2.05, 4.69) is 5.32 Å². The Morgan fingerprint density at radius 1 is 1.17 bits per heavy atom. The first-order chi connectivity index (χ1) is 13.8. The van der Waals surface area contributed by atoms with Gasteiger partial charge in [-0.1, -0.05) is 29.8 Å². The molecule has 0 aromatic heterocycles. The van der Waals surface area contributed by atoms with Crippen LogP contribution in [-0.4, -0.2) is 38.8 Å². The van der Waals surface area contributed by atoms with Crippen LogP contribution in [0.3, 0.4) is 0 Å². The van der Waals surface area contributed by atoms with Gasteiger partial charge in [-0.2, -0.15) is 4.31 Å². The van der Waals surface area contributed by atoms with Crippen LogP contribution in [0.2, 0.25) is 5.02 Å². The van der Waals surface area contributed by atoms with E-state index in [4.69, 9.17) is 16.3 Å². The Morgan fingerprint density at radius 2 is 1.83 bits per heavy atom. The lowest BCUT2D eigenvalue weighted by Gasteiger charge is -2.31. The second kappa shape index (κ2) is 9.15. The largest absolute Gasteiger partial charge is 0.495 e. The van der Waals surface area contributed by atoms with Crippen molar-refractivity contribution in [2.24, 2.45) is 5.92 Å². The van der Waals surface area contributed by atoms with E-state index in [0.29, 0.717) is 43.2 Å². The standard InChI is InChI=1S/C21H25ClN2O4S/c1-15-3-8-19(28-2)20(13-15)29(26,27)24-11-9-17(10-12-24)21(25)23-14-16-4-6-18(22)7-5-16/h3-8,13,17H,9-12,14H2,1-2H3,(H,23,25). The highest BCUT2D eigenvalue weighted by molar-refractivity contribution is 7.89. The van der Waals surface area contributed by atoms with Crippen LogP contribution in [0.25, 0.3) is 0 Å². The van der Waals surface area contributed by atoms with Crippen LogP contribution in [0.5, 0.6) is 5.75 Å². The zero-order chi connectivity index (χ0) is 21.0. The molecule has 0 unspecified atom stereocenters. The number of halogens is 1. The summed E-state index contributed by atoms with van der Waals surface area (Å²) in [5.41, 5.74) is 1.81. The lowest BCUT2D eigenvalue weighted by molar-refractivity contribution is -0.126. The molecule has 1 aliphatic rings. The molecule has 1 heterocycles. The lowest BCUT2D eigenvalue weighted by atomic mass is 9.97. The summed E-state index contributed by atoms with van der Waals surface area (Å²) < 4.78 is 32.8. The summed E-state index contributed by atoms with van der Waals surface area (Å²) in [4.78, 5) is 12.7. The van der Waals surface area contributed by atoms with Gasteiger partial charge in [0.25, 0.3) is 0 Å². The topological polar surface area (TPSA) is 75.7 Å². The van der Waals surface area contributed by atoms with E-state index in [1.54, 1.807) is 24.3 Å². The van der Waals surface area contributed by atoms with Crippen molar-refractivity contribution in [1.82, 2.24) is 9.62 Å². The zero-order valence-electron chi connectivity index (χ0n) is 16.5. The summed E-state index contributed by atoms with van der Waals surface area (Å²) in [6, 6.07) is 12.4. The molecule has 2 aromatic rings. The number of benzene rings is 2. The predicted molar refractivity (Wildman–Crippen MR) is 113 cm³/mol. The van der Waals surface area contributed by atoms with Gasteiger partial charge in [0.15, 0.2) is 0 Å². The molecule has 0 aliphatic carbocycles. The van der Waals surface area contributed by atoms with Crippen molar-refractivity contribution >= 4 is 27.5 Å². The molecule has 8 heteroatoms. The number of aryl methyl sites for hydroxylation is 1. The fraction of sp³-hybridized carbons (Fsp3) is 0.381. The van der Waals surface area contributed by atoms with Crippen molar-refractivity contribution in [1.29, 1.82) is 0 Å². The van der Waals surface area contributed by atoms with Crippen molar-refractivity contribution in [3.8, 4) is 5.75 Å². The molecule has 0 saturated carbocycles. The average molecular weight is 437 g/mol. The summed E-state index contributed by atoms with van der Waals surface area (Å²) in [6.45, 7) is 2.88. The van der Waals surface area contributed by atoms with E-state index < -0.39 is 10.0 Å². The van der Waals surface area contributed by atoms with Gasteiger partial charge < -0.3 is 10.1 Å². The molecular weight excluding hydrogens is 412 g/mol. The van der Waals surface area contributed by atoms with Crippen LogP contribution in [0.4, 0.5) is 0 Å². The van der Waals surface area contributed by atoms with Crippen LogP contribution in [0.15, 0.2) is 47.4 Å². The van der Waals surface area contributed by atoms with Crippen molar-refractivity contribution in [3.63, 3.8) is 0 Å². The lowest BCUT2D eigenvalue weighted by Crippen LogP contribution is -2.42. The molecule has 2 aromatic carbocycles. The third-order valence-corrected chi connectivity index (χ3v) is 7.31. The third kappa shape index (κ3) is 5.10. The minimum atomic E-state index is -3.67. The number of carbonyl (C=O) groups is 1. The fourth-order valence-electron chi connectivity index (χ4n) is 3.42. The van der Waals surface area contributed by atoms with Gasteiger partial charge in [-0.15, -0.1) is 0 Å².